The van der Waals surface area contributed by atoms with Crippen LogP contribution in [0, 0.1) is 27.2 Å². The fourth-order valence-corrected chi connectivity index (χ4v) is 3.71. The van der Waals surface area contributed by atoms with Crippen LogP contribution < -0.4 is 5.32 Å². The lowest BCUT2D eigenvalue weighted by atomic mass is 10.1. The number of rotatable bonds is 8. The highest BCUT2D eigenvalue weighted by molar-refractivity contribution is 7.18. The van der Waals surface area contributed by atoms with Gasteiger partial charge in [0.05, 0.1) is 34.2 Å². The Kier molecular flexibility index (Phi) is 7.43. The number of phenolic OH excluding ortho intramolecular Hbond substituents is 1. The minimum absolute atomic E-state index is 0.00655. The number of anilines is 1. The molecule has 14 heteroatoms. The molecular formula is C18H17N3O10S. The van der Waals surface area contributed by atoms with Crippen molar-refractivity contribution < 1.29 is 38.8 Å². The first-order chi connectivity index (χ1) is 15.0. The van der Waals surface area contributed by atoms with Crippen LogP contribution in [0.4, 0.5) is 16.4 Å². The third-order valence-corrected chi connectivity index (χ3v) is 5.23. The van der Waals surface area contributed by atoms with Gasteiger partial charge in [0.1, 0.15) is 9.88 Å². The number of nitrogens with zero attached hydrogens (tertiary/aromatic N) is 2. The predicted octanol–water partition coefficient (Wildman–Crippen LogP) is 3.18. The van der Waals surface area contributed by atoms with E-state index in [1.165, 1.54) is 6.92 Å². The monoisotopic (exact) mass is 467 g/mol. The number of nitro benzene ring substituents is 2. The number of carbonyl (C=O) groups is 3. The van der Waals surface area contributed by atoms with Crippen molar-refractivity contribution >= 4 is 45.6 Å². The van der Waals surface area contributed by atoms with Gasteiger partial charge >= 0.3 is 23.3 Å². The number of ether oxygens (including phenoxy) is 2. The van der Waals surface area contributed by atoms with Gasteiger partial charge in [-0.25, -0.2) is 9.59 Å². The maximum atomic E-state index is 12.7. The summed E-state index contributed by atoms with van der Waals surface area (Å²) in [5.74, 6) is -3.84. The van der Waals surface area contributed by atoms with Gasteiger partial charge in [-0.1, -0.05) is 0 Å². The molecule has 0 bridgehead atoms. The predicted molar refractivity (Wildman–Crippen MR) is 110 cm³/mol. The summed E-state index contributed by atoms with van der Waals surface area (Å²) in [7, 11) is 0. The van der Waals surface area contributed by atoms with Gasteiger partial charge in [-0.3, -0.25) is 25.0 Å². The quantitative estimate of drug-likeness (QED) is 0.331. The summed E-state index contributed by atoms with van der Waals surface area (Å²) in [5, 5.41) is 34.1. The third-order valence-electron chi connectivity index (χ3n) is 4.04. The zero-order valence-corrected chi connectivity index (χ0v) is 17.8. The van der Waals surface area contributed by atoms with Gasteiger partial charge in [-0.15, -0.1) is 11.3 Å². The van der Waals surface area contributed by atoms with E-state index in [1.54, 1.807) is 13.8 Å². The molecule has 0 radical (unpaired) electrons. The molecule has 32 heavy (non-hydrogen) atoms. The van der Waals surface area contributed by atoms with Gasteiger partial charge in [0.2, 0.25) is 0 Å². The number of carbonyl (C=O) groups excluding carboxylic acids is 3. The highest BCUT2D eigenvalue weighted by Gasteiger charge is 2.31. The van der Waals surface area contributed by atoms with Crippen molar-refractivity contribution in [3.63, 3.8) is 0 Å². The number of phenols is 1. The van der Waals surface area contributed by atoms with E-state index < -0.39 is 50.4 Å². The van der Waals surface area contributed by atoms with Crippen molar-refractivity contribution in [1.82, 2.24) is 0 Å². The van der Waals surface area contributed by atoms with Crippen molar-refractivity contribution in [3.05, 3.63) is 53.9 Å². The summed E-state index contributed by atoms with van der Waals surface area (Å²) in [4.78, 5) is 57.4. The van der Waals surface area contributed by atoms with Crippen LogP contribution in [0.1, 0.15) is 49.8 Å². The number of esters is 2. The van der Waals surface area contributed by atoms with Crippen molar-refractivity contribution in [2.24, 2.45) is 0 Å². The molecule has 0 spiro atoms. The van der Waals surface area contributed by atoms with Crippen LogP contribution in [0.25, 0.3) is 0 Å². The molecule has 0 saturated heterocycles. The lowest BCUT2D eigenvalue weighted by Crippen LogP contribution is -2.15. The van der Waals surface area contributed by atoms with Crippen LogP contribution in [0.15, 0.2) is 12.1 Å². The summed E-state index contributed by atoms with van der Waals surface area (Å²) in [6.07, 6.45) is 0. The Morgan fingerprint density at radius 1 is 1.03 bits per heavy atom. The van der Waals surface area contributed by atoms with E-state index in [-0.39, 0.29) is 34.2 Å². The number of benzene rings is 1. The Morgan fingerprint density at radius 2 is 1.53 bits per heavy atom. The molecular weight excluding hydrogens is 450 g/mol. The van der Waals surface area contributed by atoms with Gasteiger partial charge in [0, 0.05) is 12.1 Å². The molecule has 1 aromatic heterocycles. The van der Waals surface area contributed by atoms with Crippen molar-refractivity contribution in [2.45, 2.75) is 20.8 Å². The topological polar surface area (TPSA) is 188 Å². The highest BCUT2D eigenvalue weighted by atomic mass is 32.1. The molecule has 2 N–H and O–H groups in total. The lowest BCUT2D eigenvalue weighted by Gasteiger charge is -2.08. The summed E-state index contributed by atoms with van der Waals surface area (Å²) in [6, 6.07) is 1.29. The molecule has 1 heterocycles. The van der Waals surface area contributed by atoms with Crippen molar-refractivity contribution in [1.29, 1.82) is 0 Å². The van der Waals surface area contributed by atoms with Gasteiger partial charge in [-0.05, 0) is 26.3 Å². The number of nitro groups is 2. The van der Waals surface area contributed by atoms with Gasteiger partial charge in [0.25, 0.3) is 11.7 Å². The van der Waals surface area contributed by atoms with Gasteiger partial charge in [0.15, 0.2) is 0 Å². The third kappa shape index (κ3) is 4.80. The molecule has 0 aliphatic rings. The van der Waals surface area contributed by atoms with Crippen molar-refractivity contribution in [2.75, 3.05) is 18.5 Å². The van der Waals surface area contributed by atoms with Crippen molar-refractivity contribution in [3.8, 4) is 5.75 Å². The number of amides is 1. The minimum atomic E-state index is -1.21. The SMILES string of the molecule is CCOC(=O)c1sc(NC(=O)c2cc([N+](=O)[O-])c(O)c([N+](=O)[O-])c2)c(C(=O)OCC)c1C. The maximum Gasteiger partial charge on any atom is 0.348 e. The average molecular weight is 467 g/mol. The van der Waals surface area contributed by atoms with Crippen LogP contribution in [-0.4, -0.2) is 46.0 Å². The van der Waals surface area contributed by atoms with Crippen LogP contribution in [0.5, 0.6) is 5.75 Å². The van der Waals surface area contributed by atoms with Gasteiger partial charge < -0.3 is 19.9 Å². The minimum Gasteiger partial charge on any atom is -0.497 e. The summed E-state index contributed by atoms with van der Waals surface area (Å²) in [6.45, 7) is 4.65. The molecule has 0 fully saturated rings. The molecule has 1 aromatic carbocycles. The molecule has 2 rings (SSSR count). The fourth-order valence-electron chi connectivity index (χ4n) is 2.63. The lowest BCUT2D eigenvalue weighted by molar-refractivity contribution is -0.396. The Labute approximate surface area is 183 Å². The normalized spacial score (nSPS) is 10.3. The van der Waals surface area contributed by atoms with Crippen LogP contribution in [-0.2, 0) is 9.47 Å². The first-order valence-corrected chi connectivity index (χ1v) is 9.79. The Bertz CT molecular complexity index is 1090. The zero-order chi connectivity index (χ0) is 24.2. The number of aromatic hydroxyl groups is 1. The number of nitrogens with one attached hydrogen (secondary N) is 1. The summed E-state index contributed by atoms with van der Waals surface area (Å²) >= 11 is 0.711. The molecule has 1 amide bonds. The first kappa shape index (κ1) is 24.2. The molecule has 170 valence electrons. The van der Waals surface area contributed by atoms with E-state index in [9.17, 15) is 39.7 Å². The summed E-state index contributed by atoms with van der Waals surface area (Å²) in [5.41, 5.74) is -2.57. The molecule has 2 aromatic rings. The van der Waals surface area contributed by atoms with E-state index in [1.807, 2.05) is 0 Å². The zero-order valence-electron chi connectivity index (χ0n) is 17.0. The smallest absolute Gasteiger partial charge is 0.348 e. The van der Waals surface area contributed by atoms with E-state index in [0.29, 0.717) is 23.5 Å². The average Bonchev–Trinajstić information content (AvgIpc) is 3.03. The van der Waals surface area contributed by atoms with Gasteiger partial charge in [-0.2, -0.15) is 0 Å². The molecule has 0 aliphatic heterocycles. The maximum absolute atomic E-state index is 12.7. The second-order valence-corrected chi connectivity index (χ2v) is 7.05. The van der Waals surface area contributed by atoms with Crippen LogP contribution in [0.2, 0.25) is 0 Å². The van der Waals surface area contributed by atoms with E-state index in [4.69, 9.17) is 9.47 Å². The Hall–Kier alpha value is -4.07. The first-order valence-electron chi connectivity index (χ1n) is 8.98. The molecule has 13 nitrogen and oxygen atoms in total. The van der Waals surface area contributed by atoms with E-state index >= 15 is 0 Å². The summed E-state index contributed by atoms with van der Waals surface area (Å²) < 4.78 is 9.89. The van der Waals surface area contributed by atoms with Crippen LogP contribution >= 0.6 is 11.3 Å². The fraction of sp³-hybridized carbons (Fsp3) is 0.278. The number of hydrogen-bond donors (Lipinski definition) is 2. The second-order valence-electron chi connectivity index (χ2n) is 6.03. The van der Waals surface area contributed by atoms with E-state index in [0.717, 1.165) is 0 Å². The molecule has 0 saturated carbocycles. The number of thiophene rings is 1. The highest BCUT2D eigenvalue weighted by Crippen LogP contribution is 2.38. The second kappa shape index (κ2) is 9.82. The Morgan fingerprint density at radius 3 is 2.00 bits per heavy atom. The standard InChI is InChI=1S/C18H17N3O10S/c1-4-30-17(24)12-8(3)14(18(25)31-5-2)32-16(12)19-15(23)9-6-10(20(26)27)13(22)11(7-9)21(28)29/h6-7,22H,4-5H2,1-3H3,(H,19,23). The molecule has 0 aliphatic carbocycles. The number of hydrogen-bond acceptors (Lipinski definition) is 11. The largest absolute Gasteiger partial charge is 0.497 e. The van der Waals surface area contributed by atoms with Crippen LogP contribution in [0.3, 0.4) is 0 Å². The molecule has 0 atom stereocenters. The molecule has 0 unspecified atom stereocenters. The van der Waals surface area contributed by atoms with E-state index in [2.05, 4.69) is 5.32 Å². The Balaban J connectivity index is 2.56.